The second kappa shape index (κ2) is 8.56. The number of ether oxygens (including phenoxy) is 2. The van der Waals surface area contributed by atoms with Crippen LogP contribution in [-0.2, 0) is 22.6 Å². The Morgan fingerprint density at radius 3 is 2.85 bits per heavy atom. The zero-order valence-electron chi connectivity index (χ0n) is 19.0. The highest BCUT2D eigenvalue weighted by Crippen LogP contribution is 2.34. The zero-order chi connectivity index (χ0) is 23.0. The van der Waals surface area contributed by atoms with Crippen LogP contribution in [0.2, 0.25) is 0 Å². The van der Waals surface area contributed by atoms with Crippen molar-refractivity contribution in [2.75, 3.05) is 20.3 Å². The van der Waals surface area contributed by atoms with E-state index >= 15 is 0 Å². The lowest BCUT2D eigenvalue weighted by molar-refractivity contribution is -0.133. The molecule has 0 spiro atoms. The highest BCUT2D eigenvalue weighted by molar-refractivity contribution is 6.03. The summed E-state index contributed by atoms with van der Waals surface area (Å²) in [5.41, 5.74) is 1.40. The predicted molar refractivity (Wildman–Crippen MR) is 125 cm³/mol. The van der Waals surface area contributed by atoms with Crippen molar-refractivity contribution in [2.45, 2.75) is 44.5 Å². The smallest absolute Gasteiger partial charge is 0.271 e. The minimum absolute atomic E-state index is 0.0339. The highest BCUT2D eigenvalue weighted by atomic mass is 16.5. The second-order valence-electron chi connectivity index (χ2n) is 9.04. The van der Waals surface area contributed by atoms with E-state index in [0.717, 1.165) is 41.7 Å². The molecule has 5 rings (SSSR count). The van der Waals surface area contributed by atoms with Crippen LogP contribution in [0, 0.1) is 0 Å². The summed E-state index contributed by atoms with van der Waals surface area (Å²) in [6.45, 7) is 3.73. The second-order valence-corrected chi connectivity index (χ2v) is 9.04. The van der Waals surface area contributed by atoms with Gasteiger partial charge in [0.05, 0.1) is 19.8 Å². The van der Waals surface area contributed by atoms with Crippen molar-refractivity contribution in [1.82, 2.24) is 14.8 Å². The van der Waals surface area contributed by atoms with Crippen molar-refractivity contribution in [3.63, 3.8) is 0 Å². The molecule has 7 heteroatoms. The third kappa shape index (κ3) is 3.86. The van der Waals surface area contributed by atoms with Crippen LogP contribution in [-0.4, -0.2) is 53.2 Å². The van der Waals surface area contributed by atoms with Gasteiger partial charge in [-0.1, -0.05) is 30.3 Å². The first kappa shape index (κ1) is 21.5. The number of para-hydroxylation sites is 1. The summed E-state index contributed by atoms with van der Waals surface area (Å²) in [6, 6.07) is 17.4. The summed E-state index contributed by atoms with van der Waals surface area (Å²) in [5.74, 6) is 0.392. The van der Waals surface area contributed by atoms with Crippen LogP contribution >= 0.6 is 0 Å². The molecule has 0 bridgehead atoms. The molecule has 0 aliphatic carbocycles. The van der Waals surface area contributed by atoms with Gasteiger partial charge in [-0.2, -0.15) is 0 Å². The Morgan fingerprint density at radius 2 is 2.06 bits per heavy atom. The van der Waals surface area contributed by atoms with Gasteiger partial charge < -0.3 is 24.3 Å². The minimum atomic E-state index is -1.06. The normalized spacial score (nSPS) is 22.4. The molecule has 1 N–H and O–H groups in total. The Balaban J connectivity index is 1.52. The van der Waals surface area contributed by atoms with Gasteiger partial charge in [0.1, 0.15) is 17.0 Å². The monoisotopic (exact) mass is 447 g/mol. The van der Waals surface area contributed by atoms with Gasteiger partial charge >= 0.3 is 0 Å². The number of fused-ring (bicyclic) bond motifs is 3. The van der Waals surface area contributed by atoms with E-state index < -0.39 is 5.54 Å². The van der Waals surface area contributed by atoms with Gasteiger partial charge in [-0.05, 0) is 49.6 Å². The maximum atomic E-state index is 13.8. The third-order valence-corrected chi connectivity index (χ3v) is 6.81. The van der Waals surface area contributed by atoms with E-state index in [2.05, 4.69) is 5.32 Å². The fraction of sp³-hybridized carbons (Fsp3) is 0.385. The van der Waals surface area contributed by atoms with Crippen LogP contribution < -0.4 is 10.1 Å². The number of nitrogens with zero attached hydrogens (tertiary/aromatic N) is 2. The number of carbonyl (C=O) groups excluding carboxylic acids is 2. The molecular weight excluding hydrogens is 418 g/mol. The average molecular weight is 448 g/mol. The van der Waals surface area contributed by atoms with Gasteiger partial charge in [0.15, 0.2) is 0 Å². The summed E-state index contributed by atoms with van der Waals surface area (Å²) in [4.78, 5) is 29.1. The maximum Gasteiger partial charge on any atom is 0.271 e. The SMILES string of the molecule is COc1cccc(CN2C(=O)c3cc4ccccc4n3C[C@@]2(C)C(=O)NC[C@@H]2CCCO2)c1. The molecule has 0 unspecified atom stereocenters. The molecule has 172 valence electrons. The molecule has 1 fully saturated rings. The summed E-state index contributed by atoms with van der Waals surface area (Å²) in [7, 11) is 1.62. The number of hydrogen-bond acceptors (Lipinski definition) is 4. The van der Waals surface area contributed by atoms with Crippen molar-refractivity contribution in [1.29, 1.82) is 0 Å². The fourth-order valence-electron chi connectivity index (χ4n) is 4.91. The van der Waals surface area contributed by atoms with Gasteiger partial charge in [-0.15, -0.1) is 0 Å². The largest absolute Gasteiger partial charge is 0.497 e. The van der Waals surface area contributed by atoms with Crippen LogP contribution in [0.15, 0.2) is 54.6 Å². The number of carbonyl (C=O) groups is 2. The van der Waals surface area contributed by atoms with Crippen LogP contribution in [0.1, 0.15) is 35.8 Å². The number of nitrogens with one attached hydrogen (secondary N) is 1. The first-order chi connectivity index (χ1) is 16.0. The van der Waals surface area contributed by atoms with Crippen LogP contribution in [0.4, 0.5) is 0 Å². The Kier molecular flexibility index (Phi) is 5.58. The predicted octanol–water partition coefficient (Wildman–Crippen LogP) is 3.36. The molecule has 3 aromatic rings. The molecule has 0 radical (unpaired) electrons. The molecule has 1 aromatic heterocycles. The molecule has 2 aliphatic rings. The summed E-state index contributed by atoms with van der Waals surface area (Å²) in [5, 5.41) is 4.06. The average Bonchev–Trinajstić information content (AvgIpc) is 3.48. The van der Waals surface area contributed by atoms with E-state index in [-0.39, 0.29) is 17.9 Å². The van der Waals surface area contributed by atoms with Gasteiger partial charge in [0.25, 0.3) is 5.91 Å². The number of methoxy groups -OCH3 is 1. The van der Waals surface area contributed by atoms with Crippen LogP contribution in [0.25, 0.3) is 10.9 Å². The minimum Gasteiger partial charge on any atom is -0.497 e. The number of amides is 2. The third-order valence-electron chi connectivity index (χ3n) is 6.81. The standard InChI is InChI=1S/C26H29N3O4/c1-26(25(31)27-15-21-10-6-12-33-21)17-28-22-11-4-3-8-19(22)14-23(28)24(30)29(26)16-18-7-5-9-20(13-18)32-2/h3-5,7-9,11,13-14,21H,6,10,12,15-17H2,1-2H3,(H,27,31)/t21-,26-/m0/s1. The Morgan fingerprint density at radius 1 is 1.21 bits per heavy atom. The molecular formula is C26H29N3O4. The molecule has 3 heterocycles. The maximum absolute atomic E-state index is 13.8. The molecule has 2 aromatic carbocycles. The summed E-state index contributed by atoms with van der Waals surface area (Å²) < 4.78 is 13.0. The molecule has 2 aliphatic heterocycles. The van der Waals surface area contributed by atoms with Crippen molar-refractivity contribution >= 4 is 22.7 Å². The van der Waals surface area contributed by atoms with Gasteiger partial charge in [-0.25, -0.2) is 0 Å². The quantitative estimate of drug-likeness (QED) is 0.629. The van der Waals surface area contributed by atoms with Crippen molar-refractivity contribution in [3.05, 3.63) is 65.9 Å². The summed E-state index contributed by atoms with van der Waals surface area (Å²) >= 11 is 0. The van der Waals surface area contributed by atoms with E-state index in [1.807, 2.05) is 66.1 Å². The van der Waals surface area contributed by atoms with E-state index in [0.29, 0.717) is 25.3 Å². The van der Waals surface area contributed by atoms with E-state index in [9.17, 15) is 9.59 Å². The number of benzene rings is 2. The van der Waals surface area contributed by atoms with E-state index in [4.69, 9.17) is 9.47 Å². The van der Waals surface area contributed by atoms with Crippen LogP contribution in [0.3, 0.4) is 0 Å². The Labute approximate surface area is 193 Å². The highest BCUT2D eigenvalue weighted by Gasteiger charge is 2.47. The first-order valence-corrected chi connectivity index (χ1v) is 11.4. The number of aromatic nitrogens is 1. The Hall–Kier alpha value is -3.32. The molecule has 2 amide bonds. The molecule has 7 nitrogen and oxygen atoms in total. The summed E-state index contributed by atoms with van der Waals surface area (Å²) in [6.07, 6.45) is 1.99. The zero-order valence-corrected chi connectivity index (χ0v) is 19.0. The van der Waals surface area contributed by atoms with Gasteiger partial charge in [0, 0.05) is 30.6 Å². The van der Waals surface area contributed by atoms with Crippen molar-refractivity contribution < 1.29 is 19.1 Å². The van der Waals surface area contributed by atoms with E-state index in [1.165, 1.54) is 0 Å². The lowest BCUT2D eigenvalue weighted by atomic mass is 9.93. The topological polar surface area (TPSA) is 72.8 Å². The lowest BCUT2D eigenvalue weighted by Gasteiger charge is -2.44. The lowest BCUT2D eigenvalue weighted by Crippen LogP contribution is -2.64. The van der Waals surface area contributed by atoms with E-state index in [1.54, 1.807) is 12.0 Å². The first-order valence-electron chi connectivity index (χ1n) is 11.4. The van der Waals surface area contributed by atoms with Gasteiger partial charge in [-0.3, -0.25) is 9.59 Å². The Bertz CT molecular complexity index is 1200. The van der Waals surface area contributed by atoms with Crippen molar-refractivity contribution in [3.8, 4) is 5.75 Å². The molecule has 33 heavy (non-hydrogen) atoms. The van der Waals surface area contributed by atoms with Crippen LogP contribution in [0.5, 0.6) is 5.75 Å². The molecule has 0 saturated carbocycles. The van der Waals surface area contributed by atoms with Gasteiger partial charge in [0.2, 0.25) is 5.91 Å². The van der Waals surface area contributed by atoms with Crippen molar-refractivity contribution in [2.24, 2.45) is 0 Å². The molecule has 2 atom stereocenters. The molecule has 1 saturated heterocycles. The number of hydrogen-bond donors (Lipinski definition) is 1. The fourth-order valence-corrected chi connectivity index (χ4v) is 4.91. The number of rotatable bonds is 6.